The molecule has 0 aliphatic rings. The van der Waals surface area contributed by atoms with E-state index in [9.17, 15) is 9.18 Å². The van der Waals surface area contributed by atoms with E-state index in [0.717, 1.165) is 0 Å². The van der Waals surface area contributed by atoms with E-state index in [2.05, 4.69) is 15.3 Å². The van der Waals surface area contributed by atoms with Crippen molar-refractivity contribution in [2.24, 2.45) is 4.99 Å². The van der Waals surface area contributed by atoms with Gasteiger partial charge in [0.15, 0.2) is 16.8 Å². The molecule has 0 radical (unpaired) electrons. The molecule has 0 saturated carbocycles. The van der Waals surface area contributed by atoms with E-state index in [4.69, 9.17) is 9.47 Å². The first kappa shape index (κ1) is 21.0. The van der Waals surface area contributed by atoms with Gasteiger partial charge in [-0.2, -0.15) is 4.99 Å². The fourth-order valence-electron chi connectivity index (χ4n) is 2.63. The average Bonchev–Trinajstić information content (AvgIpc) is 3.34. The molecule has 3 aromatic rings. The molecule has 1 aromatic carbocycles. The Morgan fingerprint density at radius 2 is 2.03 bits per heavy atom. The van der Waals surface area contributed by atoms with Crippen molar-refractivity contribution in [1.29, 1.82) is 0 Å². The summed E-state index contributed by atoms with van der Waals surface area (Å²) in [6, 6.07) is 6.50. The summed E-state index contributed by atoms with van der Waals surface area (Å²) in [6.07, 6.45) is 2.80. The molecule has 1 amide bonds. The van der Waals surface area contributed by atoms with Crippen molar-refractivity contribution in [2.75, 3.05) is 13.2 Å². The number of benzene rings is 1. The lowest BCUT2D eigenvalue weighted by molar-refractivity contribution is -0.145. The standard InChI is InChI=1S/C19H22FN5O3S/c1-3-27-17(28-4-2)13-25-12-16(22-23-25)18(26)21-19-24(9-10-29-19)11-14-7-5-6-8-15(14)20/h5-10,12,17H,3-4,11,13H2,1-2H3. The smallest absolute Gasteiger partial charge is 0.301 e. The number of nitrogens with zero attached hydrogens (tertiary/aromatic N) is 5. The fraction of sp³-hybridized carbons (Fsp3) is 0.368. The van der Waals surface area contributed by atoms with Gasteiger partial charge in [-0.05, 0) is 19.9 Å². The Morgan fingerprint density at radius 1 is 1.28 bits per heavy atom. The molecular formula is C19H22FN5O3S. The normalized spacial score (nSPS) is 12.1. The van der Waals surface area contributed by atoms with Gasteiger partial charge in [-0.15, -0.1) is 16.4 Å². The lowest BCUT2D eigenvalue weighted by Crippen LogP contribution is -2.24. The van der Waals surface area contributed by atoms with E-state index in [1.807, 2.05) is 13.8 Å². The summed E-state index contributed by atoms with van der Waals surface area (Å²) in [5.41, 5.74) is 0.631. The molecule has 0 fully saturated rings. The zero-order valence-electron chi connectivity index (χ0n) is 16.2. The van der Waals surface area contributed by atoms with Crippen LogP contribution >= 0.6 is 11.3 Å². The second-order valence-electron chi connectivity index (χ2n) is 5.99. The van der Waals surface area contributed by atoms with Crippen LogP contribution in [0.5, 0.6) is 0 Å². The van der Waals surface area contributed by atoms with Crippen LogP contribution in [0.2, 0.25) is 0 Å². The first-order chi connectivity index (χ1) is 14.1. The molecule has 0 aliphatic heterocycles. The van der Waals surface area contributed by atoms with Crippen LogP contribution in [0.1, 0.15) is 29.9 Å². The Balaban J connectivity index is 1.74. The zero-order valence-corrected chi connectivity index (χ0v) is 17.0. The van der Waals surface area contributed by atoms with Crippen LogP contribution in [0.3, 0.4) is 0 Å². The second-order valence-corrected chi connectivity index (χ2v) is 6.86. The summed E-state index contributed by atoms with van der Waals surface area (Å²) >= 11 is 1.29. The Hall–Kier alpha value is -2.69. The summed E-state index contributed by atoms with van der Waals surface area (Å²) in [6.45, 7) is 5.34. The highest BCUT2D eigenvalue weighted by atomic mass is 32.1. The van der Waals surface area contributed by atoms with Crippen LogP contribution < -0.4 is 4.80 Å². The molecule has 154 valence electrons. The third-order valence-corrected chi connectivity index (χ3v) is 4.75. The summed E-state index contributed by atoms with van der Waals surface area (Å²) in [5, 5.41) is 9.63. The number of carbonyl (C=O) groups is 1. The maximum atomic E-state index is 13.9. The van der Waals surface area contributed by atoms with Crippen LogP contribution in [0, 0.1) is 5.82 Å². The van der Waals surface area contributed by atoms with Crippen molar-refractivity contribution >= 4 is 17.2 Å². The molecule has 2 aromatic heterocycles. The molecule has 0 bridgehead atoms. The Bertz CT molecular complexity index is 1010. The molecular weight excluding hydrogens is 397 g/mol. The fourth-order valence-corrected chi connectivity index (χ4v) is 3.35. The van der Waals surface area contributed by atoms with Gasteiger partial charge in [0.05, 0.1) is 19.3 Å². The molecule has 0 unspecified atom stereocenters. The van der Waals surface area contributed by atoms with E-state index in [1.165, 1.54) is 28.3 Å². The number of rotatable bonds is 9. The lowest BCUT2D eigenvalue weighted by Gasteiger charge is -2.16. The monoisotopic (exact) mass is 419 g/mol. The Morgan fingerprint density at radius 3 is 2.76 bits per heavy atom. The molecule has 2 heterocycles. The predicted molar refractivity (Wildman–Crippen MR) is 105 cm³/mol. The van der Waals surface area contributed by atoms with Crippen LogP contribution in [0.15, 0.2) is 47.0 Å². The van der Waals surface area contributed by atoms with Gasteiger partial charge in [0.1, 0.15) is 5.82 Å². The van der Waals surface area contributed by atoms with Crippen LogP contribution in [-0.2, 0) is 22.6 Å². The third kappa shape index (κ3) is 5.66. The maximum Gasteiger partial charge on any atom is 0.301 e. The SMILES string of the molecule is CCOC(Cn1cc(C(=O)N=c2sccn2Cc2ccccc2F)nn1)OCC. The highest BCUT2D eigenvalue weighted by Gasteiger charge is 2.14. The highest BCUT2D eigenvalue weighted by molar-refractivity contribution is 7.07. The van der Waals surface area contributed by atoms with Crippen molar-refractivity contribution in [3.05, 3.63) is 63.9 Å². The topological polar surface area (TPSA) is 83.5 Å². The number of amides is 1. The number of thiazole rings is 1. The number of aromatic nitrogens is 4. The number of halogens is 1. The van der Waals surface area contributed by atoms with E-state index < -0.39 is 12.2 Å². The van der Waals surface area contributed by atoms with Gasteiger partial charge in [0.25, 0.3) is 0 Å². The van der Waals surface area contributed by atoms with Gasteiger partial charge >= 0.3 is 5.91 Å². The minimum atomic E-state index is -0.523. The van der Waals surface area contributed by atoms with Gasteiger partial charge in [-0.25, -0.2) is 9.07 Å². The summed E-state index contributed by atoms with van der Waals surface area (Å²) in [5.74, 6) is -0.824. The van der Waals surface area contributed by atoms with Crippen LogP contribution in [-0.4, -0.2) is 45.0 Å². The molecule has 0 aliphatic carbocycles. The molecule has 8 nitrogen and oxygen atoms in total. The van der Waals surface area contributed by atoms with Crippen molar-refractivity contribution in [3.8, 4) is 0 Å². The minimum Gasteiger partial charge on any atom is -0.351 e. The number of hydrogen-bond acceptors (Lipinski definition) is 6. The molecule has 0 N–H and O–H groups in total. The second kappa shape index (κ2) is 10.2. The summed E-state index contributed by atoms with van der Waals surface area (Å²) in [7, 11) is 0. The van der Waals surface area contributed by atoms with Gasteiger partial charge in [-0.3, -0.25) is 4.79 Å². The Labute approximate surface area is 171 Å². The lowest BCUT2D eigenvalue weighted by atomic mass is 10.2. The number of ether oxygens (including phenoxy) is 2. The van der Waals surface area contributed by atoms with E-state index in [-0.39, 0.29) is 18.1 Å². The average molecular weight is 419 g/mol. The first-order valence-electron chi connectivity index (χ1n) is 9.20. The predicted octanol–water partition coefficient (Wildman–Crippen LogP) is 2.47. The van der Waals surface area contributed by atoms with Gasteiger partial charge in [0, 0.05) is 30.4 Å². The zero-order chi connectivity index (χ0) is 20.6. The summed E-state index contributed by atoms with van der Waals surface area (Å²) < 4.78 is 28.1. The Kier molecular flexibility index (Phi) is 7.39. The van der Waals surface area contributed by atoms with Gasteiger partial charge in [-0.1, -0.05) is 23.4 Å². The van der Waals surface area contributed by atoms with Crippen molar-refractivity contribution in [1.82, 2.24) is 19.6 Å². The molecule has 3 rings (SSSR count). The van der Waals surface area contributed by atoms with E-state index in [1.54, 1.807) is 34.3 Å². The van der Waals surface area contributed by atoms with Crippen molar-refractivity contribution in [2.45, 2.75) is 33.2 Å². The third-order valence-electron chi connectivity index (χ3n) is 3.95. The summed E-state index contributed by atoms with van der Waals surface area (Å²) in [4.78, 5) is 17.1. The van der Waals surface area contributed by atoms with Crippen LogP contribution in [0.25, 0.3) is 0 Å². The minimum absolute atomic E-state index is 0.114. The maximum absolute atomic E-state index is 13.9. The molecule has 10 heteroatoms. The van der Waals surface area contributed by atoms with Crippen molar-refractivity contribution in [3.63, 3.8) is 0 Å². The van der Waals surface area contributed by atoms with E-state index >= 15 is 0 Å². The van der Waals surface area contributed by atoms with Crippen molar-refractivity contribution < 1.29 is 18.7 Å². The molecule has 29 heavy (non-hydrogen) atoms. The van der Waals surface area contributed by atoms with Gasteiger partial charge < -0.3 is 14.0 Å². The molecule has 0 atom stereocenters. The highest BCUT2D eigenvalue weighted by Crippen LogP contribution is 2.08. The number of hydrogen-bond donors (Lipinski definition) is 0. The quantitative estimate of drug-likeness (QED) is 0.498. The molecule has 0 spiro atoms. The van der Waals surface area contributed by atoms with E-state index in [0.29, 0.717) is 30.1 Å². The first-order valence-corrected chi connectivity index (χ1v) is 10.1. The van der Waals surface area contributed by atoms with Crippen LogP contribution in [0.4, 0.5) is 4.39 Å². The van der Waals surface area contributed by atoms with Gasteiger partial charge in [0.2, 0.25) is 0 Å². The molecule has 0 saturated heterocycles. The largest absolute Gasteiger partial charge is 0.351 e. The number of carbonyl (C=O) groups excluding carboxylic acids is 1.